The van der Waals surface area contributed by atoms with Crippen molar-refractivity contribution >= 4 is 27.3 Å². The van der Waals surface area contributed by atoms with Gasteiger partial charge < -0.3 is 5.32 Å². The minimum atomic E-state index is 0.459. The lowest BCUT2D eigenvalue weighted by molar-refractivity contribution is 0.426. The Balaban J connectivity index is 2.28. The van der Waals surface area contributed by atoms with Gasteiger partial charge in [0, 0.05) is 26.8 Å². The summed E-state index contributed by atoms with van der Waals surface area (Å²) in [6.45, 7) is 9.13. The first-order valence-electron chi connectivity index (χ1n) is 6.49. The van der Waals surface area contributed by atoms with Crippen molar-refractivity contribution in [3.8, 4) is 0 Å². The summed E-state index contributed by atoms with van der Waals surface area (Å²) in [5, 5.41) is 5.82. The van der Waals surface area contributed by atoms with Crippen LogP contribution in [0.5, 0.6) is 0 Å². The molecule has 1 aromatic rings. The molecule has 2 unspecified atom stereocenters. The zero-order chi connectivity index (χ0) is 12.8. The van der Waals surface area contributed by atoms with E-state index in [0.29, 0.717) is 12.1 Å². The first-order chi connectivity index (χ1) is 7.99. The molecule has 1 N–H and O–H groups in total. The Bertz CT molecular complexity index is 322. The topological polar surface area (TPSA) is 12.0 Å². The zero-order valence-electron chi connectivity index (χ0n) is 11.3. The van der Waals surface area contributed by atoms with Crippen molar-refractivity contribution in [2.75, 3.05) is 0 Å². The van der Waals surface area contributed by atoms with E-state index in [1.807, 2.05) is 11.3 Å². The van der Waals surface area contributed by atoms with Crippen molar-refractivity contribution in [1.82, 2.24) is 5.32 Å². The Morgan fingerprint density at radius 1 is 1.24 bits per heavy atom. The van der Waals surface area contributed by atoms with Crippen molar-refractivity contribution in [3.63, 3.8) is 0 Å². The highest BCUT2D eigenvalue weighted by molar-refractivity contribution is 9.10. The summed E-state index contributed by atoms with van der Waals surface area (Å²) >= 11 is 5.33. The van der Waals surface area contributed by atoms with Crippen molar-refractivity contribution in [2.24, 2.45) is 5.92 Å². The Hall–Kier alpha value is 0.140. The quantitative estimate of drug-likeness (QED) is 0.712. The highest BCUT2D eigenvalue weighted by Crippen LogP contribution is 2.25. The number of halogens is 1. The van der Waals surface area contributed by atoms with Gasteiger partial charge in [-0.05, 0) is 48.2 Å². The smallest absolute Gasteiger partial charge is 0.0388 e. The van der Waals surface area contributed by atoms with Gasteiger partial charge >= 0.3 is 0 Å². The maximum absolute atomic E-state index is 3.67. The van der Waals surface area contributed by atoms with E-state index in [1.165, 1.54) is 28.6 Å². The fourth-order valence-electron chi connectivity index (χ4n) is 1.98. The highest BCUT2D eigenvalue weighted by atomic mass is 79.9. The van der Waals surface area contributed by atoms with Crippen LogP contribution in [0.25, 0.3) is 0 Å². The second kappa shape index (κ2) is 7.55. The van der Waals surface area contributed by atoms with E-state index in [4.69, 9.17) is 0 Å². The monoisotopic (exact) mass is 317 g/mol. The van der Waals surface area contributed by atoms with Crippen LogP contribution in [0.1, 0.15) is 57.9 Å². The normalized spacial score (nSPS) is 15.2. The molecule has 98 valence electrons. The minimum absolute atomic E-state index is 0.459. The molecule has 0 saturated carbocycles. The molecule has 0 spiro atoms. The van der Waals surface area contributed by atoms with Crippen molar-refractivity contribution in [2.45, 2.75) is 59.0 Å². The maximum Gasteiger partial charge on any atom is 0.0388 e. The Morgan fingerprint density at radius 2 is 1.94 bits per heavy atom. The molecule has 17 heavy (non-hydrogen) atoms. The van der Waals surface area contributed by atoms with Crippen LogP contribution in [0.15, 0.2) is 15.9 Å². The van der Waals surface area contributed by atoms with Gasteiger partial charge in [-0.15, -0.1) is 11.3 Å². The number of hydrogen-bond donors (Lipinski definition) is 1. The van der Waals surface area contributed by atoms with E-state index in [2.05, 4.69) is 60.4 Å². The molecule has 1 heterocycles. The molecule has 0 aliphatic heterocycles. The van der Waals surface area contributed by atoms with Gasteiger partial charge in [-0.2, -0.15) is 0 Å². The van der Waals surface area contributed by atoms with Gasteiger partial charge in [0.2, 0.25) is 0 Å². The summed E-state index contributed by atoms with van der Waals surface area (Å²) in [6, 6.07) is 3.27. The Kier molecular flexibility index (Phi) is 6.75. The van der Waals surface area contributed by atoms with E-state index in [1.54, 1.807) is 0 Å². The van der Waals surface area contributed by atoms with Crippen LogP contribution in [0, 0.1) is 5.92 Å². The van der Waals surface area contributed by atoms with E-state index in [-0.39, 0.29) is 0 Å². The molecule has 3 heteroatoms. The third-order valence-corrected chi connectivity index (χ3v) is 4.84. The number of rotatable bonds is 7. The fourth-order valence-corrected chi connectivity index (χ4v) is 3.44. The van der Waals surface area contributed by atoms with Gasteiger partial charge in [0.05, 0.1) is 0 Å². The van der Waals surface area contributed by atoms with Crippen LogP contribution in [-0.4, -0.2) is 6.04 Å². The third-order valence-electron chi connectivity index (χ3n) is 2.97. The van der Waals surface area contributed by atoms with Crippen molar-refractivity contribution in [3.05, 3.63) is 20.8 Å². The highest BCUT2D eigenvalue weighted by Gasteiger charge is 2.11. The zero-order valence-corrected chi connectivity index (χ0v) is 13.7. The van der Waals surface area contributed by atoms with Crippen LogP contribution in [0.4, 0.5) is 0 Å². The van der Waals surface area contributed by atoms with Crippen LogP contribution >= 0.6 is 27.3 Å². The van der Waals surface area contributed by atoms with Crippen LogP contribution in [0.3, 0.4) is 0 Å². The molecular weight excluding hydrogens is 294 g/mol. The number of nitrogens with one attached hydrogen (secondary N) is 1. The molecular formula is C14H24BrNS. The summed E-state index contributed by atoms with van der Waals surface area (Å²) in [5.74, 6) is 0.827. The predicted molar refractivity (Wildman–Crippen MR) is 81.7 cm³/mol. The SMILES string of the molecule is CC(C)CCCC(C)NC(C)c1cc(Br)cs1. The second-order valence-electron chi connectivity index (χ2n) is 5.28. The van der Waals surface area contributed by atoms with E-state index < -0.39 is 0 Å². The Labute approximate surface area is 118 Å². The second-order valence-corrected chi connectivity index (χ2v) is 7.14. The maximum atomic E-state index is 3.67. The average Bonchev–Trinajstić information content (AvgIpc) is 2.64. The predicted octanol–water partition coefficient (Wildman–Crippen LogP) is 5.38. The van der Waals surface area contributed by atoms with Gasteiger partial charge in [0.15, 0.2) is 0 Å². The van der Waals surface area contributed by atoms with Crippen LogP contribution < -0.4 is 5.32 Å². The molecule has 0 amide bonds. The lowest BCUT2D eigenvalue weighted by atomic mass is 10.0. The lowest BCUT2D eigenvalue weighted by Gasteiger charge is -2.19. The number of thiophene rings is 1. The molecule has 1 nitrogen and oxygen atoms in total. The standard InChI is InChI=1S/C14H24BrNS/c1-10(2)6-5-7-11(3)16-12(4)14-8-13(15)9-17-14/h8-12,16H,5-7H2,1-4H3. The molecule has 0 aliphatic carbocycles. The molecule has 0 radical (unpaired) electrons. The van der Waals surface area contributed by atoms with Crippen molar-refractivity contribution < 1.29 is 0 Å². The molecule has 2 atom stereocenters. The van der Waals surface area contributed by atoms with Crippen molar-refractivity contribution in [1.29, 1.82) is 0 Å². The first kappa shape index (κ1) is 15.2. The van der Waals surface area contributed by atoms with E-state index in [0.717, 1.165) is 5.92 Å². The average molecular weight is 318 g/mol. The van der Waals surface area contributed by atoms with Gasteiger partial charge in [-0.1, -0.05) is 26.7 Å². The summed E-state index contributed by atoms with van der Waals surface area (Å²) in [7, 11) is 0. The summed E-state index contributed by atoms with van der Waals surface area (Å²) in [4.78, 5) is 1.41. The van der Waals surface area contributed by atoms with Crippen LogP contribution in [0.2, 0.25) is 0 Å². The molecule has 0 aliphatic rings. The largest absolute Gasteiger partial charge is 0.307 e. The minimum Gasteiger partial charge on any atom is -0.307 e. The van der Waals surface area contributed by atoms with Gasteiger partial charge in [-0.25, -0.2) is 0 Å². The van der Waals surface area contributed by atoms with Gasteiger partial charge in [0.1, 0.15) is 0 Å². The van der Waals surface area contributed by atoms with Gasteiger partial charge in [-0.3, -0.25) is 0 Å². The van der Waals surface area contributed by atoms with E-state index in [9.17, 15) is 0 Å². The summed E-state index contributed by atoms with van der Waals surface area (Å²) < 4.78 is 1.19. The molecule has 0 aromatic carbocycles. The molecule has 0 saturated heterocycles. The fraction of sp³-hybridized carbons (Fsp3) is 0.714. The van der Waals surface area contributed by atoms with Gasteiger partial charge in [0.25, 0.3) is 0 Å². The molecule has 0 bridgehead atoms. The third kappa shape index (κ3) is 6.03. The summed E-state index contributed by atoms with van der Waals surface area (Å²) in [6.07, 6.45) is 3.94. The lowest BCUT2D eigenvalue weighted by Crippen LogP contribution is -2.28. The van der Waals surface area contributed by atoms with E-state index >= 15 is 0 Å². The molecule has 0 fully saturated rings. The van der Waals surface area contributed by atoms with Crippen LogP contribution in [-0.2, 0) is 0 Å². The molecule has 1 rings (SSSR count). The summed E-state index contributed by atoms with van der Waals surface area (Å²) in [5.41, 5.74) is 0. The first-order valence-corrected chi connectivity index (χ1v) is 8.16. The number of hydrogen-bond acceptors (Lipinski definition) is 2. The Morgan fingerprint density at radius 3 is 2.47 bits per heavy atom. The molecule has 1 aromatic heterocycles.